The third-order valence-corrected chi connectivity index (χ3v) is 6.78. The summed E-state index contributed by atoms with van der Waals surface area (Å²) in [7, 11) is -3.89. The molecule has 0 fully saturated rings. The van der Waals surface area contributed by atoms with Crippen LogP contribution in [-0.2, 0) is 9.84 Å². The Morgan fingerprint density at radius 2 is 1.68 bits per heavy atom. The molecule has 0 bridgehead atoms. The monoisotopic (exact) mass is 383 g/mol. The number of rotatable bonds is 13. The maximum Gasteiger partial charge on any atom is 0.183 e. The first-order valence-corrected chi connectivity index (χ1v) is 10.8. The van der Waals surface area contributed by atoms with Gasteiger partial charge in [0.15, 0.2) is 14.8 Å². The summed E-state index contributed by atoms with van der Waals surface area (Å²) < 4.78 is 25.1. The van der Waals surface area contributed by atoms with Crippen molar-refractivity contribution in [2.24, 2.45) is 17.4 Å². The predicted octanol–water partition coefficient (Wildman–Crippen LogP) is -1.12. The molecule has 7 N–H and O–H groups in total. The van der Waals surface area contributed by atoms with Crippen LogP contribution in [0.1, 0.15) is 40.0 Å². The average Bonchev–Trinajstić information content (AvgIpc) is 2.53. The highest BCUT2D eigenvalue weighted by atomic mass is 32.2. The largest absolute Gasteiger partial charge is 0.391 e. The topological polar surface area (TPSA) is 150 Å². The number of aliphatic hydroxyl groups is 3. The number of hydrogen-bond donors (Lipinski definition) is 5. The summed E-state index contributed by atoms with van der Waals surface area (Å²) in [6.07, 6.45) is -0.251. The summed E-state index contributed by atoms with van der Waals surface area (Å²) in [5.74, 6) is -0.563. The molecule has 0 aromatic carbocycles. The quantitative estimate of drug-likeness (QED) is 0.268. The van der Waals surface area contributed by atoms with Crippen molar-refractivity contribution in [1.29, 1.82) is 0 Å². The van der Waals surface area contributed by atoms with Gasteiger partial charge in [-0.3, -0.25) is 4.90 Å². The molecule has 0 aliphatic carbocycles. The first-order valence-electron chi connectivity index (χ1n) is 8.89. The second-order valence-electron chi connectivity index (χ2n) is 6.86. The summed E-state index contributed by atoms with van der Waals surface area (Å²) in [4.78, 5) is -0.299. The van der Waals surface area contributed by atoms with Gasteiger partial charge in [0.2, 0.25) is 0 Å². The van der Waals surface area contributed by atoms with Crippen molar-refractivity contribution in [3.05, 3.63) is 0 Å². The summed E-state index contributed by atoms with van der Waals surface area (Å²) in [5, 5.41) is 31.2. The van der Waals surface area contributed by atoms with Crippen molar-refractivity contribution >= 4 is 9.84 Å². The molecule has 0 aliphatic rings. The molecule has 0 saturated carbocycles. The molecule has 0 amide bonds. The van der Waals surface area contributed by atoms with Crippen LogP contribution in [0.2, 0.25) is 0 Å². The Labute approximate surface area is 152 Å². The van der Waals surface area contributed by atoms with E-state index in [-0.39, 0.29) is 13.0 Å². The molecule has 5 unspecified atom stereocenters. The normalized spacial score (nSPS) is 20.1. The van der Waals surface area contributed by atoms with Gasteiger partial charge in [-0.05, 0) is 39.3 Å². The molecule has 25 heavy (non-hydrogen) atoms. The Hall–Kier alpha value is -0.290. The van der Waals surface area contributed by atoms with Gasteiger partial charge in [0, 0.05) is 25.3 Å². The second-order valence-corrected chi connectivity index (χ2v) is 9.06. The summed E-state index contributed by atoms with van der Waals surface area (Å²) in [6.45, 7) is 6.38. The van der Waals surface area contributed by atoms with E-state index in [1.54, 1.807) is 18.7 Å². The van der Waals surface area contributed by atoms with Gasteiger partial charge >= 0.3 is 0 Å². The van der Waals surface area contributed by atoms with Gasteiger partial charge in [0.05, 0.1) is 18.2 Å². The molecule has 0 radical (unpaired) electrons. The number of aliphatic hydroxyl groups excluding tert-OH is 2. The van der Waals surface area contributed by atoms with E-state index in [4.69, 9.17) is 11.5 Å². The van der Waals surface area contributed by atoms with Crippen LogP contribution in [0.4, 0.5) is 0 Å². The molecule has 152 valence electrons. The van der Waals surface area contributed by atoms with Crippen molar-refractivity contribution < 1.29 is 23.7 Å². The van der Waals surface area contributed by atoms with E-state index in [2.05, 4.69) is 0 Å². The smallest absolute Gasteiger partial charge is 0.183 e. The molecule has 0 aromatic heterocycles. The van der Waals surface area contributed by atoms with Crippen LogP contribution < -0.4 is 11.5 Å². The van der Waals surface area contributed by atoms with E-state index in [1.165, 1.54) is 6.92 Å². The van der Waals surface area contributed by atoms with Gasteiger partial charge in [-0.25, -0.2) is 8.42 Å². The Morgan fingerprint density at radius 1 is 1.12 bits per heavy atom. The Balaban J connectivity index is 6.10. The highest BCUT2D eigenvalue weighted by Gasteiger charge is 2.52. The van der Waals surface area contributed by atoms with Gasteiger partial charge in [-0.15, -0.1) is 0 Å². The highest BCUT2D eigenvalue weighted by Crippen LogP contribution is 2.35. The lowest BCUT2D eigenvalue weighted by molar-refractivity contribution is -0.0588. The summed E-state index contributed by atoms with van der Waals surface area (Å²) in [5.41, 5.74) is 11.2. The van der Waals surface area contributed by atoms with E-state index >= 15 is 0 Å². The van der Waals surface area contributed by atoms with E-state index in [0.717, 1.165) is 6.26 Å². The molecule has 9 heteroatoms. The van der Waals surface area contributed by atoms with Gasteiger partial charge in [0.25, 0.3) is 0 Å². The van der Waals surface area contributed by atoms with Crippen molar-refractivity contribution in [3.8, 4) is 0 Å². The third-order valence-electron chi connectivity index (χ3n) is 4.92. The summed E-state index contributed by atoms with van der Waals surface area (Å²) in [6, 6.07) is -0.905. The zero-order valence-corrected chi connectivity index (χ0v) is 16.7. The fourth-order valence-electron chi connectivity index (χ4n) is 3.12. The van der Waals surface area contributed by atoms with E-state index in [0.29, 0.717) is 32.5 Å². The van der Waals surface area contributed by atoms with Crippen LogP contribution in [-0.4, -0.2) is 84.3 Å². The van der Waals surface area contributed by atoms with Crippen LogP contribution in [0, 0.1) is 5.92 Å². The zero-order valence-electron chi connectivity index (χ0n) is 15.9. The Kier molecular flexibility index (Phi) is 10.6. The fourth-order valence-corrected chi connectivity index (χ4v) is 4.76. The molecule has 0 saturated heterocycles. The summed E-state index contributed by atoms with van der Waals surface area (Å²) >= 11 is 0. The number of nitrogens with two attached hydrogens (primary N) is 2. The van der Waals surface area contributed by atoms with Crippen LogP contribution in [0.15, 0.2) is 0 Å². The van der Waals surface area contributed by atoms with E-state index < -0.39 is 38.9 Å². The lowest BCUT2D eigenvalue weighted by Gasteiger charge is -2.45. The average molecular weight is 384 g/mol. The fraction of sp³-hybridized carbons (Fsp3) is 1.00. The predicted molar refractivity (Wildman–Crippen MR) is 99.6 cm³/mol. The Bertz CT molecular complexity index is 474. The number of nitrogens with zero attached hydrogens (tertiary/aromatic N) is 1. The minimum Gasteiger partial charge on any atom is -0.391 e. The van der Waals surface area contributed by atoms with E-state index in [9.17, 15) is 23.7 Å². The molecule has 0 rings (SSSR count). The maximum absolute atomic E-state index is 12.6. The minimum absolute atomic E-state index is 0.0872. The lowest BCUT2D eigenvalue weighted by atomic mass is 9.89. The van der Waals surface area contributed by atoms with Crippen molar-refractivity contribution in [3.63, 3.8) is 0 Å². The standard InChI is InChI=1S/C16H37N3O5S/c1-5-12(2)16(22,25(4,23)24)15(11-14(21)13(3)20)19(10-8-18)9-6-7-17/h12-15,20-22H,5-11,17-18H2,1-4H3. The molecular formula is C16H37N3O5S. The first-order chi connectivity index (χ1) is 11.5. The lowest BCUT2D eigenvalue weighted by Crippen LogP contribution is -2.62. The SMILES string of the molecule is CCC(C)C(O)(C(CC(O)C(C)O)N(CCN)CCCN)S(C)(=O)=O. The van der Waals surface area contributed by atoms with Crippen molar-refractivity contribution in [2.45, 2.75) is 63.2 Å². The molecule has 0 aromatic rings. The molecule has 0 aliphatic heterocycles. The van der Waals surface area contributed by atoms with Gasteiger partial charge in [-0.2, -0.15) is 0 Å². The number of hydrogen-bond acceptors (Lipinski definition) is 8. The Morgan fingerprint density at radius 3 is 2.04 bits per heavy atom. The molecular weight excluding hydrogens is 346 g/mol. The van der Waals surface area contributed by atoms with Crippen LogP contribution in [0.25, 0.3) is 0 Å². The van der Waals surface area contributed by atoms with E-state index in [1.807, 2.05) is 0 Å². The van der Waals surface area contributed by atoms with Gasteiger partial charge in [0.1, 0.15) is 0 Å². The molecule has 0 spiro atoms. The highest BCUT2D eigenvalue weighted by molar-refractivity contribution is 7.92. The van der Waals surface area contributed by atoms with Crippen molar-refractivity contribution in [1.82, 2.24) is 4.90 Å². The van der Waals surface area contributed by atoms with Crippen LogP contribution in [0.5, 0.6) is 0 Å². The maximum atomic E-state index is 12.6. The van der Waals surface area contributed by atoms with Crippen LogP contribution >= 0.6 is 0 Å². The third kappa shape index (κ3) is 6.42. The second kappa shape index (κ2) is 10.8. The number of sulfone groups is 1. The van der Waals surface area contributed by atoms with Gasteiger partial charge in [-0.1, -0.05) is 13.8 Å². The van der Waals surface area contributed by atoms with Crippen LogP contribution in [0.3, 0.4) is 0 Å². The first kappa shape index (κ1) is 24.7. The zero-order chi connectivity index (χ0) is 19.8. The minimum atomic E-state index is -3.89. The van der Waals surface area contributed by atoms with Crippen molar-refractivity contribution in [2.75, 3.05) is 32.4 Å². The van der Waals surface area contributed by atoms with Gasteiger partial charge < -0.3 is 26.8 Å². The molecule has 8 nitrogen and oxygen atoms in total. The molecule has 5 atom stereocenters. The molecule has 0 heterocycles.